The molecule has 1 aromatic rings. The number of guanidine groups is 1. The lowest BCUT2D eigenvalue weighted by Gasteiger charge is -2.19. The molecular formula is C18H29IN4O2. The summed E-state index contributed by atoms with van der Waals surface area (Å²) >= 11 is 0. The molecule has 1 aliphatic heterocycles. The van der Waals surface area contributed by atoms with Crippen LogP contribution in [0.3, 0.4) is 0 Å². The number of likely N-dealkylation sites (tertiary alicyclic amines) is 1. The van der Waals surface area contributed by atoms with Crippen LogP contribution in [-0.4, -0.2) is 57.8 Å². The second kappa shape index (κ2) is 11.2. The molecule has 1 atom stereocenters. The van der Waals surface area contributed by atoms with Crippen LogP contribution in [0.5, 0.6) is 11.5 Å². The van der Waals surface area contributed by atoms with Crippen molar-refractivity contribution in [2.75, 3.05) is 40.9 Å². The monoisotopic (exact) mass is 460 g/mol. The normalized spacial score (nSPS) is 17.6. The van der Waals surface area contributed by atoms with E-state index < -0.39 is 0 Å². The van der Waals surface area contributed by atoms with Crippen molar-refractivity contribution in [2.45, 2.75) is 19.0 Å². The van der Waals surface area contributed by atoms with Crippen molar-refractivity contribution in [3.05, 3.63) is 36.4 Å². The highest BCUT2D eigenvalue weighted by Gasteiger charge is 2.23. The van der Waals surface area contributed by atoms with Crippen LogP contribution in [0.15, 0.2) is 35.8 Å². The Morgan fingerprint density at radius 2 is 2.00 bits per heavy atom. The van der Waals surface area contributed by atoms with Crippen molar-refractivity contribution < 1.29 is 9.47 Å². The maximum absolute atomic E-state index is 5.34. The van der Waals surface area contributed by atoms with E-state index in [4.69, 9.17) is 9.47 Å². The smallest absolute Gasteiger partial charge is 0.191 e. The fourth-order valence-electron chi connectivity index (χ4n) is 2.87. The van der Waals surface area contributed by atoms with Gasteiger partial charge in [0.1, 0.15) is 11.5 Å². The first-order valence-corrected chi connectivity index (χ1v) is 8.21. The van der Waals surface area contributed by atoms with E-state index in [0.717, 1.165) is 43.5 Å². The molecule has 1 unspecified atom stereocenters. The highest BCUT2D eigenvalue weighted by atomic mass is 127. The molecule has 1 fully saturated rings. The molecule has 0 aliphatic carbocycles. The van der Waals surface area contributed by atoms with Gasteiger partial charge in [0.05, 0.1) is 14.2 Å². The summed E-state index contributed by atoms with van der Waals surface area (Å²) in [6, 6.07) is 6.42. The fourth-order valence-corrected chi connectivity index (χ4v) is 2.87. The second-order valence-corrected chi connectivity index (χ2v) is 5.83. The number of benzene rings is 1. The Morgan fingerprint density at radius 3 is 2.56 bits per heavy atom. The van der Waals surface area contributed by atoms with Gasteiger partial charge in [0.2, 0.25) is 0 Å². The molecule has 0 aromatic heterocycles. The van der Waals surface area contributed by atoms with Crippen molar-refractivity contribution >= 4 is 29.9 Å². The van der Waals surface area contributed by atoms with Crippen molar-refractivity contribution in [3.8, 4) is 11.5 Å². The van der Waals surface area contributed by atoms with Crippen molar-refractivity contribution in [1.82, 2.24) is 15.5 Å². The zero-order valence-electron chi connectivity index (χ0n) is 15.2. The minimum atomic E-state index is 0. The van der Waals surface area contributed by atoms with E-state index in [1.54, 1.807) is 21.3 Å². The van der Waals surface area contributed by atoms with Crippen LogP contribution in [0, 0.1) is 0 Å². The number of ether oxygens (including phenoxy) is 2. The van der Waals surface area contributed by atoms with E-state index in [0.29, 0.717) is 12.6 Å². The third kappa shape index (κ3) is 6.74. The van der Waals surface area contributed by atoms with Crippen LogP contribution in [0.2, 0.25) is 0 Å². The zero-order valence-corrected chi connectivity index (χ0v) is 17.6. The summed E-state index contributed by atoms with van der Waals surface area (Å²) in [7, 11) is 5.14. The Hall–Kier alpha value is -1.48. The molecule has 1 heterocycles. The van der Waals surface area contributed by atoms with Gasteiger partial charge >= 0.3 is 0 Å². The van der Waals surface area contributed by atoms with Gasteiger partial charge in [-0.05, 0) is 24.1 Å². The molecule has 1 aliphatic rings. The number of rotatable bonds is 7. The summed E-state index contributed by atoms with van der Waals surface area (Å²) in [6.07, 6.45) is 2.92. The maximum atomic E-state index is 5.34. The molecule has 0 bridgehead atoms. The topological polar surface area (TPSA) is 58.1 Å². The lowest BCUT2D eigenvalue weighted by molar-refractivity contribution is 0.321. The molecule has 2 rings (SSSR count). The molecule has 2 N–H and O–H groups in total. The average molecular weight is 460 g/mol. The van der Waals surface area contributed by atoms with Gasteiger partial charge in [-0.2, -0.15) is 0 Å². The van der Waals surface area contributed by atoms with Crippen LogP contribution in [0.4, 0.5) is 0 Å². The Kier molecular flexibility index (Phi) is 9.66. The lowest BCUT2D eigenvalue weighted by atomic mass is 10.2. The molecule has 140 valence electrons. The molecule has 0 saturated carbocycles. The summed E-state index contributed by atoms with van der Waals surface area (Å²) in [4.78, 5) is 6.66. The number of halogens is 1. The van der Waals surface area contributed by atoms with Gasteiger partial charge in [0.15, 0.2) is 5.96 Å². The number of methoxy groups -OCH3 is 2. The minimum Gasteiger partial charge on any atom is -0.497 e. The van der Waals surface area contributed by atoms with E-state index in [-0.39, 0.29) is 24.0 Å². The first-order chi connectivity index (χ1) is 11.7. The molecule has 6 nitrogen and oxygen atoms in total. The van der Waals surface area contributed by atoms with E-state index in [1.165, 1.54) is 5.56 Å². The quantitative estimate of drug-likeness (QED) is 0.283. The molecule has 1 saturated heterocycles. The molecule has 1 aromatic carbocycles. The average Bonchev–Trinajstić information content (AvgIpc) is 3.04. The van der Waals surface area contributed by atoms with E-state index in [1.807, 2.05) is 12.1 Å². The fraction of sp³-hybridized carbons (Fsp3) is 0.500. The van der Waals surface area contributed by atoms with Crippen LogP contribution in [0.25, 0.3) is 0 Å². The van der Waals surface area contributed by atoms with Gasteiger partial charge in [-0.1, -0.05) is 6.08 Å². The van der Waals surface area contributed by atoms with Crippen LogP contribution >= 0.6 is 24.0 Å². The Bertz CT molecular complexity index is 558. The molecule has 0 radical (unpaired) electrons. The lowest BCUT2D eigenvalue weighted by Crippen LogP contribution is -2.44. The number of hydrogen-bond donors (Lipinski definition) is 2. The van der Waals surface area contributed by atoms with Crippen LogP contribution in [0.1, 0.15) is 12.0 Å². The van der Waals surface area contributed by atoms with Crippen LogP contribution in [-0.2, 0) is 6.54 Å². The zero-order chi connectivity index (χ0) is 17.4. The van der Waals surface area contributed by atoms with E-state index in [9.17, 15) is 0 Å². The van der Waals surface area contributed by atoms with Crippen molar-refractivity contribution in [3.63, 3.8) is 0 Å². The Morgan fingerprint density at radius 1 is 1.32 bits per heavy atom. The number of aliphatic imine (C=N–C) groups is 1. The standard InChI is InChI=1S/C18H28N4O2.HI/c1-5-7-20-18(19-2)21-15-6-8-22(13-15)12-14-9-16(23-3)11-17(10-14)24-4;/h5,9-11,15H,1,6-8,12-13H2,2-4H3,(H2,19,20,21);1H. The van der Waals surface area contributed by atoms with Gasteiger partial charge in [-0.25, -0.2) is 0 Å². The number of nitrogens with one attached hydrogen (secondary N) is 2. The van der Waals surface area contributed by atoms with E-state index >= 15 is 0 Å². The number of nitrogens with zero attached hydrogens (tertiary/aromatic N) is 2. The molecule has 25 heavy (non-hydrogen) atoms. The highest BCUT2D eigenvalue weighted by Crippen LogP contribution is 2.24. The first-order valence-electron chi connectivity index (χ1n) is 8.21. The predicted octanol–water partition coefficient (Wildman–Crippen LogP) is 2.25. The third-order valence-corrected chi connectivity index (χ3v) is 4.07. The Labute approximate surface area is 167 Å². The molecule has 0 spiro atoms. The van der Waals surface area contributed by atoms with Gasteiger partial charge in [0, 0.05) is 45.3 Å². The van der Waals surface area contributed by atoms with Gasteiger partial charge in [-0.15, -0.1) is 30.6 Å². The Balaban J connectivity index is 0.00000312. The summed E-state index contributed by atoms with van der Waals surface area (Å²) in [5.41, 5.74) is 1.20. The molecular weight excluding hydrogens is 431 g/mol. The number of hydrogen-bond acceptors (Lipinski definition) is 4. The SMILES string of the molecule is C=CCNC(=NC)NC1CCN(Cc2cc(OC)cc(OC)c2)C1.I. The summed E-state index contributed by atoms with van der Waals surface area (Å²) < 4.78 is 10.7. The largest absolute Gasteiger partial charge is 0.497 e. The molecule has 0 amide bonds. The first kappa shape index (κ1) is 21.6. The summed E-state index contributed by atoms with van der Waals surface area (Å²) in [5, 5.41) is 6.67. The van der Waals surface area contributed by atoms with Gasteiger partial charge in [0.25, 0.3) is 0 Å². The summed E-state index contributed by atoms with van der Waals surface area (Å²) in [5.74, 6) is 2.48. The maximum Gasteiger partial charge on any atom is 0.191 e. The van der Waals surface area contributed by atoms with E-state index in [2.05, 4.69) is 39.2 Å². The van der Waals surface area contributed by atoms with Crippen molar-refractivity contribution in [2.24, 2.45) is 4.99 Å². The van der Waals surface area contributed by atoms with Crippen LogP contribution < -0.4 is 20.1 Å². The third-order valence-electron chi connectivity index (χ3n) is 4.07. The minimum absolute atomic E-state index is 0. The van der Waals surface area contributed by atoms with Gasteiger partial charge in [-0.3, -0.25) is 9.89 Å². The second-order valence-electron chi connectivity index (χ2n) is 5.83. The summed E-state index contributed by atoms with van der Waals surface area (Å²) in [6.45, 7) is 7.33. The predicted molar refractivity (Wildman–Crippen MR) is 113 cm³/mol. The van der Waals surface area contributed by atoms with Crippen molar-refractivity contribution in [1.29, 1.82) is 0 Å². The van der Waals surface area contributed by atoms with Gasteiger partial charge < -0.3 is 20.1 Å². The molecule has 7 heteroatoms. The highest BCUT2D eigenvalue weighted by molar-refractivity contribution is 14.0.